The largest absolute Gasteiger partial charge is 0.352 e. The summed E-state index contributed by atoms with van der Waals surface area (Å²) in [5, 5.41) is 5.95. The average molecular weight is 377 g/mol. The molecule has 0 fully saturated rings. The molecule has 0 heterocycles. The molecule has 1 aliphatic rings. The third kappa shape index (κ3) is 5.56. The van der Waals surface area contributed by atoms with Gasteiger partial charge in [-0.2, -0.15) is 0 Å². The molecule has 0 aliphatic heterocycles. The summed E-state index contributed by atoms with van der Waals surface area (Å²) >= 11 is 0. The molecule has 1 atom stereocenters. The molecule has 0 radical (unpaired) electrons. The maximum absolute atomic E-state index is 12.6. The van der Waals surface area contributed by atoms with E-state index in [1.807, 2.05) is 37.3 Å². The van der Waals surface area contributed by atoms with Crippen molar-refractivity contribution in [2.75, 3.05) is 6.54 Å². The molecule has 2 aromatic rings. The van der Waals surface area contributed by atoms with Gasteiger partial charge in [0.2, 0.25) is 0 Å². The summed E-state index contributed by atoms with van der Waals surface area (Å²) in [6, 6.07) is 16.6. The number of hydrogen-bond donors (Lipinski definition) is 2. The number of rotatable bonds is 7. The number of carbonyl (C=O) groups is 2. The van der Waals surface area contributed by atoms with Crippen molar-refractivity contribution in [2.24, 2.45) is 0 Å². The van der Waals surface area contributed by atoms with Crippen molar-refractivity contribution in [3.63, 3.8) is 0 Å². The van der Waals surface area contributed by atoms with Crippen LogP contribution in [0.15, 0.2) is 66.2 Å². The van der Waals surface area contributed by atoms with Gasteiger partial charge in [-0.15, -0.1) is 0 Å². The van der Waals surface area contributed by atoms with E-state index in [0.29, 0.717) is 17.7 Å². The van der Waals surface area contributed by atoms with E-state index in [1.165, 1.54) is 18.4 Å². The number of benzene rings is 2. The van der Waals surface area contributed by atoms with E-state index in [4.69, 9.17) is 0 Å². The Balaban J connectivity index is 1.55. The van der Waals surface area contributed by atoms with Crippen LogP contribution < -0.4 is 10.6 Å². The van der Waals surface area contributed by atoms with Crippen molar-refractivity contribution in [3.05, 3.63) is 82.9 Å². The van der Waals surface area contributed by atoms with E-state index < -0.39 is 0 Å². The molecule has 0 bridgehead atoms. The Morgan fingerprint density at radius 3 is 2.43 bits per heavy atom. The van der Waals surface area contributed by atoms with E-state index in [-0.39, 0.29) is 17.9 Å². The van der Waals surface area contributed by atoms with E-state index in [0.717, 1.165) is 24.8 Å². The molecule has 1 unspecified atom stereocenters. The number of carbonyl (C=O) groups excluding carboxylic acids is 2. The van der Waals surface area contributed by atoms with Crippen LogP contribution in [-0.2, 0) is 0 Å². The van der Waals surface area contributed by atoms with Gasteiger partial charge in [0.25, 0.3) is 11.8 Å². The molecule has 0 saturated heterocycles. The number of amides is 2. The monoisotopic (exact) mass is 376 g/mol. The molecule has 3 rings (SSSR count). The third-order valence-electron chi connectivity index (χ3n) is 5.15. The lowest BCUT2D eigenvalue weighted by molar-refractivity contribution is 0.0940. The zero-order valence-corrected chi connectivity index (χ0v) is 16.4. The Labute approximate surface area is 167 Å². The number of hydrogen-bond acceptors (Lipinski definition) is 2. The third-order valence-corrected chi connectivity index (χ3v) is 5.15. The van der Waals surface area contributed by atoms with Gasteiger partial charge in [0.05, 0.1) is 6.04 Å². The first kappa shape index (κ1) is 19.9. The minimum atomic E-state index is -0.182. The fraction of sp³-hybridized carbons (Fsp3) is 0.333. The molecular weight excluding hydrogens is 348 g/mol. The summed E-state index contributed by atoms with van der Waals surface area (Å²) in [5.41, 5.74) is 3.49. The second-order valence-electron chi connectivity index (χ2n) is 7.30. The van der Waals surface area contributed by atoms with Gasteiger partial charge in [0.15, 0.2) is 0 Å². The van der Waals surface area contributed by atoms with Crippen molar-refractivity contribution >= 4 is 11.8 Å². The summed E-state index contributed by atoms with van der Waals surface area (Å²) in [6.45, 7) is 2.58. The fourth-order valence-corrected chi connectivity index (χ4v) is 3.48. The van der Waals surface area contributed by atoms with Crippen LogP contribution in [0.1, 0.15) is 71.3 Å². The summed E-state index contributed by atoms with van der Waals surface area (Å²) in [5.74, 6) is -0.319. The van der Waals surface area contributed by atoms with Crippen LogP contribution in [0.4, 0.5) is 0 Å². The predicted molar refractivity (Wildman–Crippen MR) is 112 cm³/mol. The molecule has 0 saturated carbocycles. The Bertz CT molecular complexity index is 843. The lowest BCUT2D eigenvalue weighted by Crippen LogP contribution is -2.28. The van der Waals surface area contributed by atoms with Gasteiger partial charge in [0, 0.05) is 17.7 Å². The SMILES string of the molecule is CC(NC(=O)c1cccc(C(=O)NCCC2=CCCCC2)c1)c1ccccc1. The van der Waals surface area contributed by atoms with Gasteiger partial charge in [-0.1, -0.05) is 48.0 Å². The predicted octanol–water partition coefficient (Wildman–Crippen LogP) is 4.80. The summed E-state index contributed by atoms with van der Waals surface area (Å²) in [7, 11) is 0. The van der Waals surface area contributed by atoms with E-state index in [9.17, 15) is 9.59 Å². The van der Waals surface area contributed by atoms with Gasteiger partial charge in [0.1, 0.15) is 0 Å². The first-order chi connectivity index (χ1) is 13.6. The molecule has 0 aromatic heterocycles. The molecular formula is C24H28N2O2. The molecule has 0 spiro atoms. The maximum Gasteiger partial charge on any atom is 0.251 e. The van der Waals surface area contributed by atoms with Crippen LogP contribution >= 0.6 is 0 Å². The highest BCUT2D eigenvalue weighted by Crippen LogP contribution is 2.19. The topological polar surface area (TPSA) is 58.2 Å². The minimum Gasteiger partial charge on any atom is -0.352 e. The molecule has 2 N–H and O–H groups in total. The molecule has 28 heavy (non-hydrogen) atoms. The quantitative estimate of drug-likeness (QED) is 0.682. The van der Waals surface area contributed by atoms with Crippen molar-refractivity contribution in [1.82, 2.24) is 10.6 Å². The van der Waals surface area contributed by atoms with Gasteiger partial charge >= 0.3 is 0 Å². The molecule has 4 heteroatoms. The molecule has 2 aromatic carbocycles. The summed E-state index contributed by atoms with van der Waals surface area (Å²) in [4.78, 5) is 25.0. The summed E-state index contributed by atoms with van der Waals surface area (Å²) < 4.78 is 0. The van der Waals surface area contributed by atoms with E-state index in [1.54, 1.807) is 24.3 Å². The maximum atomic E-state index is 12.6. The average Bonchev–Trinajstić information content (AvgIpc) is 2.75. The number of nitrogens with one attached hydrogen (secondary N) is 2. The van der Waals surface area contributed by atoms with Crippen molar-refractivity contribution < 1.29 is 9.59 Å². The first-order valence-corrected chi connectivity index (χ1v) is 10.1. The molecule has 146 valence electrons. The van der Waals surface area contributed by atoms with Gasteiger partial charge in [-0.25, -0.2) is 0 Å². The minimum absolute atomic E-state index is 0.102. The van der Waals surface area contributed by atoms with Crippen LogP contribution in [0.5, 0.6) is 0 Å². The number of allylic oxidation sites excluding steroid dienone is 1. The van der Waals surface area contributed by atoms with Gasteiger partial charge < -0.3 is 10.6 Å². The van der Waals surface area contributed by atoms with Gasteiger partial charge in [-0.05, 0) is 62.8 Å². The Kier molecular flexibility index (Phi) is 7.01. The second-order valence-corrected chi connectivity index (χ2v) is 7.30. The fourth-order valence-electron chi connectivity index (χ4n) is 3.48. The highest BCUT2D eigenvalue weighted by atomic mass is 16.2. The van der Waals surface area contributed by atoms with Crippen LogP contribution in [0, 0.1) is 0 Å². The highest BCUT2D eigenvalue weighted by Gasteiger charge is 2.14. The summed E-state index contributed by atoms with van der Waals surface area (Å²) in [6.07, 6.45) is 8.02. The van der Waals surface area contributed by atoms with Crippen molar-refractivity contribution in [3.8, 4) is 0 Å². The molecule has 4 nitrogen and oxygen atoms in total. The smallest absolute Gasteiger partial charge is 0.251 e. The lowest BCUT2D eigenvalue weighted by atomic mass is 9.97. The lowest BCUT2D eigenvalue weighted by Gasteiger charge is -2.15. The van der Waals surface area contributed by atoms with E-state index >= 15 is 0 Å². The van der Waals surface area contributed by atoms with Crippen molar-refractivity contribution in [1.29, 1.82) is 0 Å². The van der Waals surface area contributed by atoms with Gasteiger partial charge in [-0.3, -0.25) is 9.59 Å². The highest BCUT2D eigenvalue weighted by molar-refractivity contribution is 5.99. The zero-order valence-electron chi connectivity index (χ0n) is 16.4. The Hall–Kier alpha value is -2.88. The zero-order chi connectivity index (χ0) is 19.8. The first-order valence-electron chi connectivity index (χ1n) is 10.1. The standard InChI is InChI=1S/C24H28N2O2/c1-18(20-11-6-3-7-12-20)26-24(28)22-14-8-13-21(17-22)23(27)25-16-15-19-9-4-2-5-10-19/h3,6-9,11-14,17-18H,2,4-5,10,15-16H2,1H3,(H,25,27)(H,26,28). The molecule has 2 amide bonds. The van der Waals surface area contributed by atoms with Crippen LogP contribution in [0.25, 0.3) is 0 Å². The normalized spacial score (nSPS) is 14.7. The Morgan fingerprint density at radius 1 is 0.964 bits per heavy atom. The van der Waals surface area contributed by atoms with Crippen molar-refractivity contribution in [2.45, 2.75) is 45.1 Å². The second kappa shape index (κ2) is 9.88. The van der Waals surface area contributed by atoms with Crippen LogP contribution in [0.2, 0.25) is 0 Å². The van der Waals surface area contributed by atoms with Crippen LogP contribution in [0.3, 0.4) is 0 Å². The Morgan fingerprint density at radius 2 is 1.71 bits per heavy atom. The van der Waals surface area contributed by atoms with Crippen LogP contribution in [-0.4, -0.2) is 18.4 Å². The van der Waals surface area contributed by atoms with E-state index in [2.05, 4.69) is 16.7 Å². The molecule has 1 aliphatic carbocycles.